The van der Waals surface area contributed by atoms with Crippen LogP contribution in [-0.2, 0) is 13.8 Å². The van der Waals surface area contributed by atoms with Crippen LogP contribution in [0.4, 0.5) is 5.82 Å². The number of anilines is 1. The van der Waals surface area contributed by atoms with Crippen LogP contribution in [0.2, 0.25) is 5.28 Å². The van der Waals surface area contributed by atoms with E-state index in [0.29, 0.717) is 15.4 Å². The first-order valence-corrected chi connectivity index (χ1v) is 9.67. The molecule has 0 N–H and O–H groups in total. The molecule has 1 unspecified atom stereocenters. The van der Waals surface area contributed by atoms with E-state index < -0.39 is 14.3 Å². The molecule has 1 fully saturated rings. The number of hydrogen-bond donors (Lipinski definition) is 0. The fourth-order valence-corrected chi connectivity index (χ4v) is 3.99. The molecule has 116 valence electrons. The molecule has 0 aliphatic carbocycles. The lowest BCUT2D eigenvalue weighted by Gasteiger charge is -2.17. The van der Waals surface area contributed by atoms with Gasteiger partial charge >= 0.3 is 0 Å². The van der Waals surface area contributed by atoms with Crippen LogP contribution in [-0.4, -0.2) is 36.1 Å². The molecule has 1 saturated heterocycles. The molecule has 1 amide bonds. The van der Waals surface area contributed by atoms with Gasteiger partial charge in [0.25, 0.3) is 0 Å². The minimum absolute atomic E-state index is 0.0284. The van der Waals surface area contributed by atoms with E-state index in [2.05, 4.69) is 25.9 Å². The van der Waals surface area contributed by atoms with Crippen molar-refractivity contribution < 1.29 is 13.2 Å². The molecular formula is C12H8BrCl2N3O3S. The Hall–Kier alpha value is -0.960. The third-order valence-corrected chi connectivity index (χ3v) is 6.05. The zero-order chi connectivity index (χ0) is 16.1. The van der Waals surface area contributed by atoms with E-state index in [-0.39, 0.29) is 30.0 Å². The van der Waals surface area contributed by atoms with Crippen molar-refractivity contribution in [1.82, 2.24) is 9.97 Å². The molecule has 22 heavy (non-hydrogen) atoms. The first kappa shape index (κ1) is 15.9. The number of hydrogen-bond acceptors (Lipinski definition) is 5. The van der Waals surface area contributed by atoms with Crippen LogP contribution in [0.1, 0.15) is 6.42 Å². The molecule has 0 bridgehead atoms. The quantitative estimate of drug-likeness (QED) is 0.546. The number of carbonyl (C=O) groups excluding carboxylic acids is 1. The van der Waals surface area contributed by atoms with Gasteiger partial charge < -0.3 is 0 Å². The lowest BCUT2D eigenvalue weighted by Crippen LogP contribution is -2.28. The molecule has 1 aliphatic rings. The number of aromatic nitrogens is 2. The molecule has 6 nitrogen and oxygen atoms in total. The minimum Gasteiger partial charge on any atom is -0.295 e. The van der Waals surface area contributed by atoms with Gasteiger partial charge in [-0.05, 0) is 39.7 Å². The predicted molar refractivity (Wildman–Crippen MR) is 87.8 cm³/mol. The van der Waals surface area contributed by atoms with Crippen molar-refractivity contribution in [3.05, 3.63) is 28.0 Å². The van der Waals surface area contributed by atoms with E-state index in [1.165, 1.54) is 4.90 Å². The Morgan fingerprint density at radius 1 is 1.32 bits per heavy atom. The maximum absolute atomic E-state index is 12.2. The van der Waals surface area contributed by atoms with Crippen LogP contribution < -0.4 is 4.90 Å². The Kier molecular flexibility index (Phi) is 4.05. The molecule has 1 aromatic carbocycles. The van der Waals surface area contributed by atoms with Gasteiger partial charge in [-0.1, -0.05) is 6.07 Å². The highest BCUT2D eigenvalue weighted by Gasteiger charge is 2.39. The summed E-state index contributed by atoms with van der Waals surface area (Å²) < 4.78 is 23.6. The number of para-hydroxylation sites is 1. The molecular weight excluding hydrogens is 417 g/mol. The first-order valence-electron chi connectivity index (χ1n) is 6.13. The first-order chi connectivity index (χ1) is 10.3. The summed E-state index contributed by atoms with van der Waals surface area (Å²) >= 11 is 9.29. The van der Waals surface area contributed by atoms with Crippen molar-refractivity contribution in [2.75, 3.05) is 11.4 Å². The van der Waals surface area contributed by atoms with Gasteiger partial charge in [-0.25, -0.2) is 13.4 Å². The van der Waals surface area contributed by atoms with E-state index >= 15 is 0 Å². The average Bonchev–Trinajstić information content (AvgIpc) is 2.81. The second-order valence-corrected chi connectivity index (χ2v) is 8.86. The van der Waals surface area contributed by atoms with Crippen molar-refractivity contribution in [3.8, 4) is 0 Å². The Morgan fingerprint density at radius 3 is 2.68 bits per heavy atom. The van der Waals surface area contributed by atoms with Crippen LogP contribution in [0.25, 0.3) is 10.9 Å². The number of fused-ring (bicyclic) bond motifs is 1. The number of carbonyl (C=O) groups is 1. The van der Waals surface area contributed by atoms with Crippen LogP contribution in [0, 0.1) is 0 Å². The van der Waals surface area contributed by atoms with Crippen molar-refractivity contribution in [2.24, 2.45) is 0 Å². The predicted octanol–water partition coefficient (Wildman–Crippen LogP) is 2.72. The van der Waals surface area contributed by atoms with Crippen molar-refractivity contribution >= 4 is 69.9 Å². The Bertz CT molecular complexity index is 891. The summed E-state index contributed by atoms with van der Waals surface area (Å²) in [5.74, 6) is -0.0885. The highest BCUT2D eigenvalue weighted by atomic mass is 79.9. The molecule has 1 atom stereocenters. The molecule has 0 spiro atoms. The standard InChI is InChI=1S/C12H8BrCl2N3O3S/c13-8-3-1-2-7-10(8)16-12(14)17-11(7)18-5-6(4-9(18)19)22(15,20)21/h1-3,6H,4-5H2. The van der Waals surface area contributed by atoms with E-state index in [1.54, 1.807) is 18.2 Å². The third-order valence-electron chi connectivity index (χ3n) is 3.37. The SMILES string of the molecule is O=C1CC(S(=O)(=O)Cl)CN1c1nc(Cl)nc2c(Br)cccc12. The Morgan fingerprint density at radius 2 is 2.05 bits per heavy atom. The van der Waals surface area contributed by atoms with E-state index in [1.807, 2.05) is 0 Å². The van der Waals surface area contributed by atoms with Crippen LogP contribution in [0.15, 0.2) is 22.7 Å². The highest BCUT2D eigenvalue weighted by Crippen LogP contribution is 2.33. The molecule has 0 saturated carbocycles. The highest BCUT2D eigenvalue weighted by molar-refractivity contribution is 9.10. The number of rotatable bonds is 2. The number of amides is 1. The number of halogens is 3. The monoisotopic (exact) mass is 423 g/mol. The van der Waals surface area contributed by atoms with E-state index in [4.69, 9.17) is 22.3 Å². The summed E-state index contributed by atoms with van der Waals surface area (Å²) in [6.07, 6.45) is -0.178. The largest absolute Gasteiger partial charge is 0.295 e. The number of benzene rings is 1. The molecule has 1 aliphatic heterocycles. The normalized spacial score (nSPS) is 19.1. The fourth-order valence-electron chi connectivity index (χ4n) is 2.35. The Labute approximate surface area is 144 Å². The van der Waals surface area contributed by atoms with Gasteiger partial charge in [0.05, 0.1) is 5.52 Å². The average molecular weight is 425 g/mol. The second kappa shape index (κ2) is 5.59. The topological polar surface area (TPSA) is 80.2 Å². The lowest BCUT2D eigenvalue weighted by atomic mass is 10.2. The minimum atomic E-state index is -3.82. The summed E-state index contributed by atoms with van der Waals surface area (Å²) in [4.78, 5) is 21.7. The van der Waals surface area contributed by atoms with Crippen LogP contribution in [0.3, 0.4) is 0 Å². The Balaban J connectivity index is 2.15. The summed E-state index contributed by atoms with van der Waals surface area (Å²) in [5.41, 5.74) is 0.544. The fraction of sp³-hybridized carbons (Fsp3) is 0.250. The smallest absolute Gasteiger partial charge is 0.237 e. The van der Waals surface area contributed by atoms with Gasteiger partial charge in [0.15, 0.2) is 0 Å². The summed E-state index contributed by atoms with van der Waals surface area (Å²) in [6.45, 7) is -0.0559. The summed E-state index contributed by atoms with van der Waals surface area (Å²) in [5, 5.41) is -0.392. The van der Waals surface area contributed by atoms with E-state index in [9.17, 15) is 13.2 Å². The lowest BCUT2D eigenvalue weighted by molar-refractivity contribution is -0.117. The summed E-state index contributed by atoms with van der Waals surface area (Å²) in [7, 11) is 1.54. The molecule has 2 heterocycles. The van der Waals surface area contributed by atoms with Crippen LogP contribution in [0.5, 0.6) is 0 Å². The van der Waals surface area contributed by atoms with Gasteiger partial charge in [-0.15, -0.1) is 0 Å². The number of nitrogens with zero attached hydrogens (tertiary/aromatic N) is 3. The van der Waals surface area contributed by atoms with Gasteiger partial charge in [-0.3, -0.25) is 9.69 Å². The third kappa shape index (κ3) is 2.80. The van der Waals surface area contributed by atoms with Crippen molar-refractivity contribution in [2.45, 2.75) is 11.7 Å². The zero-order valence-corrected chi connectivity index (χ0v) is 14.7. The maximum atomic E-state index is 12.2. The van der Waals surface area contributed by atoms with Gasteiger partial charge in [0, 0.05) is 33.5 Å². The maximum Gasteiger partial charge on any atom is 0.237 e. The zero-order valence-electron chi connectivity index (χ0n) is 10.8. The van der Waals surface area contributed by atoms with Gasteiger partial charge in [0.1, 0.15) is 11.1 Å². The molecule has 0 radical (unpaired) electrons. The molecule has 3 rings (SSSR count). The van der Waals surface area contributed by atoms with Crippen molar-refractivity contribution in [1.29, 1.82) is 0 Å². The second-order valence-electron chi connectivity index (χ2n) is 4.76. The van der Waals surface area contributed by atoms with Gasteiger partial charge in [-0.2, -0.15) is 4.98 Å². The van der Waals surface area contributed by atoms with Gasteiger partial charge in [0.2, 0.25) is 20.2 Å². The molecule has 2 aromatic rings. The van der Waals surface area contributed by atoms with E-state index in [0.717, 1.165) is 0 Å². The molecule has 10 heteroatoms. The molecule has 1 aromatic heterocycles. The summed E-state index contributed by atoms with van der Waals surface area (Å²) in [6, 6.07) is 5.29. The van der Waals surface area contributed by atoms with Crippen molar-refractivity contribution in [3.63, 3.8) is 0 Å². The van der Waals surface area contributed by atoms with Crippen LogP contribution >= 0.6 is 38.2 Å².